The van der Waals surface area contributed by atoms with Crippen LogP contribution >= 0.6 is 0 Å². The average molecular weight is 321 g/mol. The van der Waals surface area contributed by atoms with Crippen LogP contribution in [0.5, 0.6) is 5.75 Å². The first-order valence-electron chi connectivity index (χ1n) is 7.70. The van der Waals surface area contributed by atoms with Gasteiger partial charge in [0.15, 0.2) is 0 Å². The number of aldehydes is 1. The van der Waals surface area contributed by atoms with Gasteiger partial charge in [0.1, 0.15) is 23.2 Å². The summed E-state index contributed by atoms with van der Waals surface area (Å²) in [5, 5.41) is 0. The number of likely N-dealkylation sites (N-methyl/N-ethyl adjacent to an activating group) is 1. The normalized spacial score (nSPS) is 14.1. The molecule has 1 amide bonds. The summed E-state index contributed by atoms with van der Waals surface area (Å²) in [4.78, 5) is 25.3. The molecule has 0 bridgehead atoms. The van der Waals surface area contributed by atoms with Gasteiger partial charge in [0, 0.05) is 7.05 Å². The van der Waals surface area contributed by atoms with Crippen molar-refractivity contribution in [1.29, 1.82) is 0 Å². The Morgan fingerprint density at radius 3 is 2.04 bits per heavy atom. The van der Waals surface area contributed by atoms with Crippen LogP contribution in [0.3, 0.4) is 0 Å². The van der Waals surface area contributed by atoms with Crippen molar-refractivity contribution in [3.63, 3.8) is 0 Å². The van der Waals surface area contributed by atoms with Crippen molar-refractivity contribution in [2.45, 2.75) is 58.8 Å². The Labute approximate surface area is 138 Å². The number of carbonyl (C=O) groups excluding carboxylic acids is 2. The Kier molecular flexibility index (Phi) is 5.81. The lowest BCUT2D eigenvalue weighted by atomic mass is 9.92. The van der Waals surface area contributed by atoms with Gasteiger partial charge in [-0.25, -0.2) is 4.79 Å². The third-order valence-electron chi connectivity index (χ3n) is 3.40. The minimum Gasteiger partial charge on any atom is -0.491 e. The van der Waals surface area contributed by atoms with Gasteiger partial charge in [0.05, 0.1) is 6.10 Å². The molecule has 0 spiro atoms. The maximum Gasteiger partial charge on any atom is 0.411 e. The van der Waals surface area contributed by atoms with Crippen LogP contribution in [0.25, 0.3) is 0 Å². The first-order valence-corrected chi connectivity index (χ1v) is 7.70. The number of carbonyl (C=O) groups is 2. The van der Waals surface area contributed by atoms with Gasteiger partial charge in [-0.3, -0.25) is 4.90 Å². The molecule has 0 saturated carbocycles. The summed E-state index contributed by atoms with van der Waals surface area (Å²) in [5.41, 5.74) is -1.04. The summed E-state index contributed by atoms with van der Waals surface area (Å²) in [7, 11) is 1.56. The second-order valence-electron chi connectivity index (χ2n) is 7.00. The number of hydrogen-bond acceptors (Lipinski definition) is 4. The third-order valence-corrected chi connectivity index (χ3v) is 3.40. The molecule has 5 nitrogen and oxygen atoms in total. The van der Waals surface area contributed by atoms with Crippen LogP contribution in [-0.4, -0.2) is 36.0 Å². The molecular formula is C18H27NO4. The summed E-state index contributed by atoms with van der Waals surface area (Å²) in [6.07, 6.45) is 0.271. The van der Waals surface area contributed by atoms with Crippen LogP contribution in [0, 0.1) is 0 Å². The Bertz CT molecular complexity index is 545. The quantitative estimate of drug-likeness (QED) is 0.775. The van der Waals surface area contributed by atoms with Crippen LogP contribution in [0.1, 0.15) is 47.1 Å². The van der Waals surface area contributed by atoms with Gasteiger partial charge in [0.2, 0.25) is 0 Å². The maximum atomic E-state index is 12.3. The molecule has 1 aromatic rings. The minimum atomic E-state index is -1.11. The van der Waals surface area contributed by atoms with Gasteiger partial charge in [-0.05, 0) is 59.2 Å². The zero-order chi connectivity index (χ0) is 17.8. The molecule has 0 aliphatic rings. The van der Waals surface area contributed by atoms with Crippen molar-refractivity contribution in [2.75, 3.05) is 7.05 Å². The molecule has 1 unspecified atom stereocenters. The number of hydrogen-bond donors (Lipinski definition) is 0. The molecule has 0 N–H and O–H groups in total. The summed E-state index contributed by atoms with van der Waals surface area (Å²) in [5.74, 6) is 0.719. The first kappa shape index (κ1) is 19.0. The maximum absolute atomic E-state index is 12.3. The van der Waals surface area contributed by atoms with Crippen LogP contribution in [-0.2, 0) is 15.1 Å². The molecule has 0 aliphatic heterocycles. The van der Waals surface area contributed by atoms with E-state index in [2.05, 4.69) is 0 Å². The number of nitrogens with zero attached hydrogens (tertiary/aromatic N) is 1. The summed E-state index contributed by atoms with van der Waals surface area (Å²) in [6.45, 7) is 10.9. The minimum absolute atomic E-state index is 0.0720. The van der Waals surface area contributed by atoms with Crippen molar-refractivity contribution in [3.05, 3.63) is 29.8 Å². The monoisotopic (exact) mass is 321 g/mol. The lowest BCUT2D eigenvalue weighted by Crippen LogP contribution is -2.48. The summed E-state index contributed by atoms with van der Waals surface area (Å²) >= 11 is 0. The van der Waals surface area contributed by atoms with Crippen molar-refractivity contribution < 1.29 is 19.1 Å². The van der Waals surface area contributed by atoms with Crippen LogP contribution in [0.15, 0.2) is 24.3 Å². The molecule has 1 rings (SSSR count). The highest BCUT2D eigenvalue weighted by Gasteiger charge is 2.36. The Morgan fingerprint density at radius 1 is 1.13 bits per heavy atom. The molecule has 0 saturated heterocycles. The van der Waals surface area contributed by atoms with E-state index in [1.807, 2.05) is 13.8 Å². The largest absolute Gasteiger partial charge is 0.491 e. The fraction of sp³-hybridized carbons (Fsp3) is 0.556. The second-order valence-corrected chi connectivity index (χ2v) is 7.00. The van der Waals surface area contributed by atoms with E-state index >= 15 is 0 Å². The summed E-state index contributed by atoms with van der Waals surface area (Å²) in [6, 6.07) is 7.15. The standard InChI is InChI=1S/C18H27NO4/c1-13(2)22-15-10-8-14(9-11-15)18(6,12-20)19(7)16(21)23-17(3,4)5/h8-13H,1-7H3. The van der Waals surface area contributed by atoms with E-state index in [4.69, 9.17) is 9.47 Å². The van der Waals surface area contributed by atoms with E-state index < -0.39 is 17.2 Å². The van der Waals surface area contributed by atoms with Crippen molar-refractivity contribution >= 4 is 12.4 Å². The van der Waals surface area contributed by atoms with E-state index in [0.29, 0.717) is 5.56 Å². The molecule has 0 heterocycles. The average Bonchev–Trinajstić information content (AvgIpc) is 2.44. The number of rotatable bonds is 5. The Morgan fingerprint density at radius 2 is 1.65 bits per heavy atom. The molecular weight excluding hydrogens is 294 g/mol. The fourth-order valence-electron chi connectivity index (χ4n) is 2.00. The van der Waals surface area contributed by atoms with E-state index in [1.54, 1.807) is 59.0 Å². The molecule has 5 heteroatoms. The molecule has 1 aromatic carbocycles. The highest BCUT2D eigenvalue weighted by molar-refractivity contribution is 5.78. The third kappa shape index (κ3) is 4.98. The number of ether oxygens (including phenoxy) is 2. The predicted octanol–water partition coefficient (Wildman–Crippen LogP) is 3.75. The molecule has 0 radical (unpaired) electrons. The molecule has 23 heavy (non-hydrogen) atoms. The molecule has 0 aromatic heterocycles. The predicted molar refractivity (Wildman–Crippen MR) is 89.6 cm³/mol. The molecule has 0 fully saturated rings. The van der Waals surface area contributed by atoms with E-state index in [9.17, 15) is 9.59 Å². The van der Waals surface area contributed by atoms with Crippen molar-refractivity contribution in [3.8, 4) is 5.75 Å². The van der Waals surface area contributed by atoms with Crippen molar-refractivity contribution in [1.82, 2.24) is 4.90 Å². The van der Waals surface area contributed by atoms with Gasteiger partial charge in [-0.1, -0.05) is 12.1 Å². The zero-order valence-electron chi connectivity index (χ0n) is 15.0. The molecule has 1 atom stereocenters. The molecule has 128 valence electrons. The smallest absolute Gasteiger partial charge is 0.411 e. The SMILES string of the molecule is CC(C)Oc1ccc(C(C)(C=O)N(C)C(=O)OC(C)(C)C)cc1. The van der Waals surface area contributed by atoms with E-state index in [-0.39, 0.29) is 6.10 Å². The van der Waals surface area contributed by atoms with Crippen LogP contribution < -0.4 is 4.74 Å². The Balaban J connectivity index is 3.04. The topological polar surface area (TPSA) is 55.8 Å². The van der Waals surface area contributed by atoms with E-state index in [1.165, 1.54) is 4.90 Å². The van der Waals surface area contributed by atoms with Gasteiger partial charge in [-0.2, -0.15) is 0 Å². The van der Waals surface area contributed by atoms with Gasteiger partial charge in [-0.15, -0.1) is 0 Å². The van der Waals surface area contributed by atoms with Gasteiger partial charge in [0.25, 0.3) is 0 Å². The Hall–Kier alpha value is -2.04. The van der Waals surface area contributed by atoms with Crippen molar-refractivity contribution in [2.24, 2.45) is 0 Å². The lowest BCUT2D eigenvalue weighted by molar-refractivity contribution is -0.117. The fourth-order valence-corrected chi connectivity index (χ4v) is 2.00. The molecule has 0 aliphatic carbocycles. The second kappa shape index (κ2) is 7.02. The van der Waals surface area contributed by atoms with Gasteiger partial charge >= 0.3 is 6.09 Å². The number of benzene rings is 1. The van der Waals surface area contributed by atoms with E-state index in [0.717, 1.165) is 12.0 Å². The lowest BCUT2D eigenvalue weighted by Gasteiger charge is -2.35. The van der Waals surface area contributed by atoms with Gasteiger partial charge < -0.3 is 14.3 Å². The highest BCUT2D eigenvalue weighted by Crippen LogP contribution is 2.28. The van der Waals surface area contributed by atoms with Crippen LogP contribution in [0.2, 0.25) is 0 Å². The zero-order valence-corrected chi connectivity index (χ0v) is 15.0. The highest BCUT2D eigenvalue weighted by atomic mass is 16.6. The summed E-state index contributed by atoms with van der Waals surface area (Å²) < 4.78 is 10.9. The number of amides is 1. The first-order chi connectivity index (χ1) is 10.5. The van der Waals surface area contributed by atoms with Crippen LogP contribution in [0.4, 0.5) is 4.79 Å².